The first-order chi connectivity index (χ1) is 16.8. The molecule has 1 aliphatic heterocycles. The highest BCUT2D eigenvalue weighted by atomic mass is 32.2. The average molecular weight is 493 g/mol. The van der Waals surface area contributed by atoms with Crippen LogP contribution in [-0.2, 0) is 9.84 Å². The van der Waals surface area contributed by atoms with Gasteiger partial charge in [0.2, 0.25) is 5.95 Å². The van der Waals surface area contributed by atoms with E-state index in [1.165, 1.54) is 6.26 Å². The van der Waals surface area contributed by atoms with Crippen LogP contribution >= 0.6 is 0 Å². The Morgan fingerprint density at radius 2 is 1.80 bits per heavy atom. The molecule has 1 N–H and O–H groups in total. The lowest BCUT2D eigenvalue weighted by atomic mass is 10.2. The first-order valence-corrected chi connectivity index (χ1v) is 13.2. The number of fused-ring (bicyclic) bond motifs is 1. The van der Waals surface area contributed by atoms with E-state index in [4.69, 9.17) is 4.74 Å². The van der Waals surface area contributed by atoms with Gasteiger partial charge in [0.05, 0.1) is 35.1 Å². The molecule has 10 heteroatoms. The van der Waals surface area contributed by atoms with Crippen molar-refractivity contribution < 1.29 is 13.2 Å². The molecule has 0 spiro atoms. The minimum atomic E-state index is -3.31. The zero-order valence-electron chi connectivity index (χ0n) is 20.0. The van der Waals surface area contributed by atoms with E-state index in [1.807, 2.05) is 30.3 Å². The van der Waals surface area contributed by atoms with Gasteiger partial charge in [-0.1, -0.05) is 12.1 Å². The lowest BCUT2D eigenvalue weighted by Gasteiger charge is -2.34. The number of hydrogen-bond donors (Lipinski definition) is 1. The first kappa shape index (κ1) is 23.1. The molecule has 0 saturated carbocycles. The molecule has 5 rings (SSSR count). The van der Waals surface area contributed by atoms with E-state index < -0.39 is 9.84 Å². The summed E-state index contributed by atoms with van der Waals surface area (Å²) in [7, 11) is 0.474. The van der Waals surface area contributed by atoms with Crippen LogP contribution in [0.2, 0.25) is 0 Å². The molecule has 1 saturated heterocycles. The molecule has 9 nitrogen and oxygen atoms in total. The summed E-state index contributed by atoms with van der Waals surface area (Å²) in [6, 6.07) is 16.7. The van der Waals surface area contributed by atoms with Crippen LogP contribution in [0.5, 0.6) is 5.75 Å². The lowest BCUT2D eigenvalue weighted by Crippen LogP contribution is -2.44. The number of hydrogen-bond acceptors (Lipinski definition) is 8. The molecular formula is C25H28N6O3S. The fraction of sp³-hybridized carbons (Fsp3) is 0.280. The Bertz CT molecular complexity index is 1480. The van der Waals surface area contributed by atoms with Gasteiger partial charge in [-0.25, -0.2) is 17.9 Å². The van der Waals surface area contributed by atoms with Crippen LogP contribution in [0.25, 0.3) is 16.8 Å². The number of likely N-dealkylation sites (N-methyl/N-ethyl adjacent to an activating group) is 1. The Hall–Kier alpha value is -3.63. The normalized spacial score (nSPS) is 14.9. The molecule has 182 valence electrons. The summed E-state index contributed by atoms with van der Waals surface area (Å²) in [6.07, 6.45) is 2.93. The fourth-order valence-electron chi connectivity index (χ4n) is 4.23. The fourth-order valence-corrected chi connectivity index (χ4v) is 4.90. The predicted molar refractivity (Wildman–Crippen MR) is 138 cm³/mol. The molecule has 4 aromatic rings. The van der Waals surface area contributed by atoms with Crippen LogP contribution < -0.4 is 15.0 Å². The average Bonchev–Trinajstić information content (AvgIpc) is 3.28. The van der Waals surface area contributed by atoms with E-state index in [0.29, 0.717) is 11.7 Å². The summed E-state index contributed by atoms with van der Waals surface area (Å²) >= 11 is 0. The van der Waals surface area contributed by atoms with Crippen molar-refractivity contribution in [2.45, 2.75) is 4.90 Å². The van der Waals surface area contributed by atoms with Crippen LogP contribution in [0.15, 0.2) is 65.7 Å². The highest BCUT2D eigenvalue weighted by Crippen LogP contribution is 2.32. The predicted octanol–water partition coefficient (Wildman–Crippen LogP) is 3.30. The van der Waals surface area contributed by atoms with Gasteiger partial charge in [-0.15, -0.1) is 5.10 Å². The molecule has 0 unspecified atom stereocenters. The third kappa shape index (κ3) is 4.80. The highest BCUT2D eigenvalue weighted by Gasteiger charge is 2.17. The number of anilines is 3. The number of ether oxygens (including phenoxy) is 1. The minimum absolute atomic E-state index is 0.266. The lowest BCUT2D eigenvalue weighted by molar-refractivity contribution is 0.312. The van der Waals surface area contributed by atoms with E-state index in [2.05, 4.69) is 38.3 Å². The van der Waals surface area contributed by atoms with Crippen molar-refractivity contribution in [2.75, 3.05) is 56.8 Å². The Kier molecular flexibility index (Phi) is 6.08. The molecule has 0 aliphatic carbocycles. The van der Waals surface area contributed by atoms with Gasteiger partial charge in [-0.2, -0.15) is 0 Å². The number of rotatable bonds is 6. The van der Waals surface area contributed by atoms with E-state index >= 15 is 0 Å². The number of piperazine rings is 1. The van der Waals surface area contributed by atoms with Gasteiger partial charge >= 0.3 is 0 Å². The van der Waals surface area contributed by atoms with Crippen molar-refractivity contribution >= 4 is 32.7 Å². The standard InChI is InChI=1S/C25H28N6O3S/c1-29-11-13-30(14-12-29)19-7-9-22(24(16-19)34-2)27-25-26-17-20-8-10-23(31(20)28-25)18-5-4-6-21(15-18)35(3,32)33/h4-10,15-17H,11-14H2,1-3H3,(H,27,28). The summed E-state index contributed by atoms with van der Waals surface area (Å²) < 4.78 is 31.4. The molecule has 0 atom stereocenters. The third-order valence-electron chi connectivity index (χ3n) is 6.26. The molecule has 2 aromatic carbocycles. The Balaban J connectivity index is 1.44. The molecule has 3 heterocycles. The number of nitrogens with zero attached hydrogens (tertiary/aromatic N) is 5. The summed E-state index contributed by atoms with van der Waals surface area (Å²) in [4.78, 5) is 9.39. The maximum absolute atomic E-state index is 12.0. The molecule has 35 heavy (non-hydrogen) atoms. The van der Waals surface area contributed by atoms with Crippen molar-refractivity contribution in [1.82, 2.24) is 19.5 Å². The van der Waals surface area contributed by atoms with Crippen LogP contribution in [0.1, 0.15) is 0 Å². The van der Waals surface area contributed by atoms with E-state index in [-0.39, 0.29) is 4.90 Å². The Labute approximate surface area is 204 Å². The first-order valence-electron chi connectivity index (χ1n) is 11.4. The van der Waals surface area contributed by atoms with Crippen LogP contribution in [0.4, 0.5) is 17.3 Å². The highest BCUT2D eigenvalue weighted by molar-refractivity contribution is 7.90. The van der Waals surface area contributed by atoms with Crippen LogP contribution in [0, 0.1) is 0 Å². The van der Waals surface area contributed by atoms with E-state index in [0.717, 1.165) is 54.3 Å². The number of methoxy groups -OCH3 is 1. The summed E-state index contributed by atoms with van der Waals surface area (Å²) in [5.74, 6) is 1.11. The number of benzene rings is 2. The van der Waals surface area contributed by atoms with Crippen molar-refractivity contribution in [3.8, 4) is 17.0 Å². The van der Waals surface area contributed by atoms with E-state index in [9.17, 15) is 8.42 Å². The van der Waals surface area contributed by atoms with Crippen molar-refractivity contribution in [3.63, 3.8) is 0 Å². The van der Waals surface area contributed by atoms with Gasteiger partial charge in [0, 0.05) is 49.8 Å². The largest absolute Gasteiger partial charge is 0.494 e. The quantitative estimate of drug-likeness (QED) is 0.438. The molecule has 0 bridgehead atoms. The van der Waals surface area contributed by atoms with Crippen molar-refractivity contribution in [2.24, 2.45) is 0 Å². The minimum Gasteiger partial charge on any atom is -0.494 e. The van der Waals surface area contributed by atoms with Crippen molar-refractivity contribution in [3.05, 3.63) is 60.8 Å². The van der Waals surface area contributed by atoms with Gasteiger partial charge in [0.1, 0.15) is 5.75 Å². The number of nitrogens with one attached hydrogen (secondary N) is 1. The summed E-state index contributed by atoms with van der Waals surface area (Å²) in [5.41, 5.74) is 4.21. The van der Waals surface area contributed by atoms with Crippen LogP contribution in [-0.4, -0.2) is 74.5 Å². The molecule has 1 aliphatic rings. The summed E-state index contributed by atoms with van der Waals surface area (Å²) in [5, 5.41) is 7.93. The van der Waals surface area contributed by atoms with E-state index in [1.54, 1.807) is 36.0 Å². The van der Waals surface area contributed by atoms with Gasteiger partial charge in [-0.3, -0.25) is 0 Å². The smallest absolute Gasteiger partial charge is 0.245 e. The summed E-state index contributed by atoms with van der Waals surface area (Å²) in [6.45, 7) is 4.01. The molecule has 0 amide bonds. The second kappa shape index (κ2) is 9.20. The molecule has 2 aromatic heterocycles. The molecule has 1 fully saturated rings. The zero-order valence-corrected chi connectivity index (χ0v) is 20.8. The van der Waals surface area contributed by atoms with Crippen molar-refractivity contribution in [1.29, 1.82) is 0 Å². The number of aromatic nitrogens is 3. The molecular weight excluding hydrogens is 464 g/mol. The zero-order chi connectivity index (χ0) is 24.6. The number of sulfone groups is 1. The van der Waals surface area contributed by atoms with Crippen LogP contribution in [0.3, 0.4) is 0 Å². The maximum atomic E-state index is 12.0. The SMILES string of the molecule is COc1cc(N2CCN(C)CC2)ccc1Nc1ncc2ccc(-c3cccc(S(C)(=O)=O)c3)n2n1. The Morgan fingerprint density at radius 3 is 2.54 bits per heavy atom. The second-order valence-corrected chi connectivity index (χ2v) is 10.8. The van der Waals surface area contributed by atoms with Gasteiger partial charge in [0.15, 0.2) is 9.84 Å². The molecule has 0 radical (unpaired) electrons. The monoisotopic (exact) mass is 492 g/mol. The third-order valence-corrected chi connectivity index (χ3v) is 7.37. The van der Waals surface area contributed by atoms with Gasteiger partial charge in [-0.05, 0) is 43.4 Å². The van der Waals surface area contributed by atoms with Gasteiger partial charge in [0.25, 0.3) is 0 Å². The Morgan fingerprint density at radius 1 is 1.00 bits per heavy atom. The van der Waals surface area contributed by atoms with Gasteiger partial charge < -0.3 is 19.9 Å². The topological polar surface area (TPSA) is 92.1 Å². The maximum Gasteiger partial charge on any atom is 0.245 e. The second-order valence-electron chi connectivity index (χ2n) is 8.74.